The quantitative estimate of drug-likeness (QED) is 0.632. The Morgan fingerprint density at radius 3 is 2.50 bits per heavy atom. The summed E-state index contributed by atoms with van der Waals surface area (Å²) in [4.78, 5) is 10.9. The molecule has 64 valence electrons. The summed E-state index contributed by atoms with van der Waals surface area (Å²) in [6.45, 7) is 0.830. The van der Waals surface area contributed by atoms with Gasteiger partial charge in [-0.1, -0.05) is 17.7 Å². The highest BCUT2D eigenvalue weighted by Crippen LogP contribution is 2.04. The molecule has 0 aromatic heterocycles. The van der Waals surface area contributed by atoms with Crippen LogP contribution in [-0.4, -0.2) is 12.8 Å². The highest BCUT2D eigenvalue weighted by Gasteiger charge is 2.04. The van der Waals surface area contributed by atoms with E-state index in [0.29, 0.717) is 5.56 Å². The van der Waals surface area contributed by atoms with Gasteiger partial charge in [0.2, 0.25) is 6.86 Å². The lowest BCUT2D eigenvalue weighted by Crippen LogP contribution is -2.03. The van der Waals surface area contributed by atoms with Crippen molar-refractivity contribution in [3.8, 4) is 0 Å². The van der Waals surface area contributed by atoms with Gasteiger partial charge >= 0.3 is 5.97 Å². The van der Waals surface area contributed by atoms with Crippen LogP contribution < -0.4 is 0 Å². The van der Waals surface area contributed by atoms with E-state index in [2.05, 4.69) is 4.74 Å². The lowest BCUT2D eigenvalue weighted by atomic mass is 10.2. The van der Waals surface area contributed by atoms with E-state index in [0.717, 1.165) is 5.56 Å². The van der Waals surface area contributed by atoms with Gasteiger partial charge in [-0.05, 0) is 19.1 Å². The predicted molar refractivity (Wildman–Crippen MR) is 42.6 cm³/mol. The molecule has 0 aliphatic rings. The number of aryl methyl sites for hydroxylation is 1. The van der Waals surface area contributed by atoms with Crippen molar-refractivity contribution >= 4 is 5.97 Å². The molecule has 0 unspecified atom stereocenters. The number of alkyl halides is 1. The van der Waals surface area contributed by atoms with Crippen LogP contribution in [0.1, 0.15) is 15.9 Å². The Hall–Kier alpha value is -1.38. The zero-order valence-corrected chi connectivity index (χ0v) is 6.71. The van der Waals surface area contributed by atoms with Crippen LogP contribution in [0.5, 0.6) is 0 Å². The minimum absolute atomic E-state index is 0.373. The molecule has 1 rings (SSSR count). The predicted octanol–water partition coefficient (Wildman–Crippen LogP) is 2.08. The van der Waals surface area contributed by atoms with Crippen LogP contribution in [0.2, 0.25) is 0 Å². The van der Waals surface area contributed by atoms with Gasteiger partial charge in [-0.3, -0.25) is 0 Å². The Kier molecular flexibility index (Phi) is 2.80. The lowest BCUT2D eigenvalue weighted by molar-refractivity contribution is 0.0324. The Bertz CT molecular complexity index is 266. The number of halogens is 1. The molecular weight excluding hydrogens is 159 g/mol. The second kappa shape index (κ2) is 3.85. The lowest BCUT2D eigenvalue weighted by Gasteiger charge is -1.99. The van der Waals surface area contributed by atoms with Gasteiger partial charge in [-0.15, -0.1) is 0 Å². The van der Waals surface area contributed by atoms with Crippen LogP contribution in [0.15, 0.2) is 24.3 Å². The third-order valence-electron chi connectivity index (χ3n) is 1.47. The van der Waals surface area contributed by atoms with E-state index in [1.165, 1.54) is 0 Å². The summed E-state index contributed by atoms with van der Waals surface area (Å²) in [6.07, 6.45) is 0. The van der Waals surface area contributed by atoms with Gasteiger partial charge in [0, 0.05) is 0 Å². The van der Waals surface area contributed by atoms with Crippen LogP contribution in [-0.2, 0) is 4.74 Å². The monoisotopic (exact) mass is 168 g/mol. The van der Waals surface area contributed by atoms with Gasteiger partial charge in [-0.2, -0.15) is 0 Å². The summed E-state index contributed by atoms with van der Waals surface area (Å²) in [5.41, 5.74) is 1.42. The fourth-order valence-electron chi connectivity index (χ4n) is 0.823. The van der Waals surface area contributed by atoms with Crippen LogP contribution in [0, 0.1) is 6.92 Å². The molecule has 0 aliphatic carbocycles. The first-order chi connectivity index (χ1) is 5.74. The molecular formula is C9H9FO2. The zero-order chi connectivity index (χ0) is 8.97. The minimum Gasteiger partial charge on any atom is -0.430 e. The fraction of sp³-hybridized carbons (Fsp3) is 0.222. The molecule has 0 saturated heterocycles. The molecule has 1 aromatic carbocycles. The van der Waals surface area contributed by atoms with Crippen LogP contribution in [0.3, 0.4) is 0 Å². The number of hydrogen-bond donors (Lipinski definition) is 0. The van der Waals surface area contributed by atoms with Gasteiger partial charge in [-0.25, -0.2) is 9.18 Å². The van der Waals surface area contributed by atoms with E-state index in [1.54, 1.807) is 24.3 Å². The summed E-state index contributed by atoms with van der Waals surface area (Å²) < 4.78 is 15.7. The van der Waals surface area contributed by atoms with Gasteiger partial charge in [0.1, 0.15) is 0 Å². The maximum Gasteiger partial charge on any atom is 0.340 e. The van der Waals surface area contributed by atoms with Gasteiger partial charge in [0.25, 0.3) is 0 Å². The minimum atomic E-state index is -1.08. The molecule has 0 bridgehead atoms. The van der Waals surface area contributed by atoms with Crippen molar-refractivity contribution in [1.29, 1.82) is 0 Å². The van der Waals surface area contributed by atoms with Crippen molar-refractivity contribution in [3.63, 3.8) is 0 Å². The average molecular weight is 168 g/mol. The molecule has 0 N–H and O–H groups in total. The topological polar surface area (TPSA) is 26.3 Å². The van der Waals surface area contributed by atoms with E-state index in [1.807, 2.05) is 6.92 Å². The van der Waals surface area contributed by atoms with Gasteiger partial charge in [0.15, 0.2) is 0 Å². The largest absolute Gasteiger partial charge is 0.430 e. The molecule has 2 nitrogen and oxygen atoms in total. The summed E-state index contributed by atoms with van der Waals surface area (Å²) in [5.74, 6) is -0.627. The molecule has 0 aliphatic heterocycles. The smallest absolute Gasteiger partial charge is 0.340 e. The summed E-state index contributed by atoms with van der Waals surface area (Å²) in [6, 6.07) is 6.75. The standard InChI is InChI=1S/C9H9FO2/c1-7-2-4-8(5-3-7)9(11)12-6-10/h2-5H,6H2,1H3. The van der Waals surface area contributed by atoms with Crippen molar-refractivity contribution in [2.75, 3.05) is 6.86 Å². The van der Waals surface area contributed by atoms with Crippen LogP contribution >= 0.6 is 0 Å². The number of ether oxygens (including phenoxy) is 1. The maximum atomic E-state index is 11.6. The second-order valence-corrected chi connectivity index (χ2v) is 2.41. The van der Waals surface area contributed by atoms with Crippen molar-refractivity contribution < 1.29 is 13.9 Å². The van der Waals surface area contributed by atoms with Gasteiger partial charge < -0.3 is 4.74 Å². The third kappa shape index (κ3) is 2.05. The number of carbonyl (C=O) groups is 1. The molecule has 0 amide bonds. The number of carbonyl (C=O) groups excluding carboxylic acids is 1. The molecule has 0 fully saturated rings. The van der Waals surface area contributed by atoms with E-state index >= 15 is 0 Å². The van der Waals surface area contributed by atoms with Crippen molar-refractivity contribution in [2.45, 2.75) is 6.92 Å². The Morgan fingerprint density at radius 1 is 1.42 bits per heavy atom. The number of esters is 1. The summed E-state index contributed by atoms with van der Waals surface area (Å²) in [7, 11) is 0. The Labute approximate surface area is 70.0 Å². The number of rotatable bonds is 2. The molecule has 0 radical (unpaired) electrons. The second-order valence-electron chi connectivity index (χ2n) is 2.41. The zero-order valence-electron chi connectivity index (χ0n) is 6.71. The highest BCUT2D eigenvalue weighted by molar-refractivity contribution is 5.89. The highest BCUT2D eigenvalue weighted by atomic mass is 19.1. The van der Waals surface area contributed by atoms with Gasteiger partial charge in [0.05, 0.1) is 5.56 Å². The summed E-state index contributed by atoms with van der Waals surface area (Å²) in [5, 5.41) is 0. The molecule has 0 atom stereocenters. The van der Waals surface area contributed by atoms with Crippen LogP contribution in [0.4, 0.5) is 4.39 Å². The third-order valence-corrected chi connectivity index (χ3v) is 1.47. The number of benzene rings is 1. The Morgan fingerprint density at radius 2 is 2.00 bits per heavy atom. The molecule has 1 aromatic rings. The molecule has 0 saturated carbocycles. The first-order valence-corrected chi connectivity index (χ1v) is 3.54. The van der Waals surface area contributed by atoms with E-state index < -0.39 is 12.8 Å². The van der Waals surface area contributed by atoms with Crippen LogP contribution in [0.25, 0.3) is 0 Å². The Balaban J connectivity index is 2.75. The molecule has 12 heavy (non-hydrogen) atoms. The van der Waals surface area contributed by atoms with Crippen molar-refractivity contribution in [2.24, 2.45) is 0 Å². The normalized spacial score (nSPS) is 9.50. The first-order valence-electron chi connectivity index (χ1n) is 3.54. The first kappa shape index (κ1) is 8.71. The molecule has 0 spiro atoms. The number of hydrogen-bond acceptors (Lipinski definition) is 2. The van der Waals surface area contributed by atoms with E-state index in [-0.39, 0.29) is 0 Å². The fourth-order valence-corrected chi connectivity index (χ4v) is 0.823. The van der Waals surface area contributed by atoms with Crippen molar-refractivity contribution in [1.82, 2.24) is 0 Å². The average Bonchev–Trinajstić information content (AvgIpc) is 2.06. The van der Waals surface area contributed by atoms with E-state index in [4.69, 9.17) is 0 Å². The van der Waals surface area contributed by atoms with E-state index in [9.17, 15) is 9.18 Å². The SMILES string of the molecule is Cc1ccc(C(=O)OCF)cc1. The summed E-state index contributed by atoms with van der Waals surface area (Å²) >= 11 is 0. The maximum absolute atomic E-state index is 11.6. The van der Waals surface area contributed by atoms with Crippen molar-refractivity contribution in [3.05, 3.63) is 35.4 Å². The molecule has 0 heterocycles. The molecule has 3 heteroatoms.